The summed E-state index contributed by atoms with van der Waals surface area (Å²) in [5.74, 6) is -0.443. The Hall–Kier alpha value is -0.560. The van der Waals surface area contributed by atoms with E-state index >= 15 is 0 Å². The third-order valence-electron chi connectivity index (χ3n) is 5.45. The molecule has 0 aliphatic heterocycles. The number of hydrogen-bond donors (Lipinski definition) is 2. The molecule has 0 fully saturated rings. The zero-order valence-corrected chi connectivity index (χ0v) is 19.6. The number of carbonyl (C=O) groups excluding carboxylic acids is 1. The number of carbonyl (C=O) groups is 1. The van der Waals surface area contributed by atoms with Crippen molar-refractivity contribution in [3.63, 3.8) is 0 Å². The Morgan fingerprint density at radius 2 is 1.13 bits per heavy atom. The van der Waals surface area contributed by atoms with Crippen LogP contribution in [0, 0.1) is 0 Å². The number of nitrogens with one attached hydrogen (secondary N) is 1. The van der Waals surface area contributed by atoms with Gasteiger partial charge in [-0.05, 0) is 30.7 Å². The van der Waals surface area contributed by atoms with Gasteiger partial charge < -0.3 is 5.73 Å². The number of anilines is 1. The van der Waals surface area contributed by atoms with Gasteiger partial charge in [-0.25, -0.2) is 13.1 Å². The van der Waals surface area contributed by atoms with Gasteiger partial charge in [-0.1, -0.05) is 96.8 Å². The predicted octanol–water partition coefficient (Wildman–Crippen LogP) is 5.69. The zero-order chi connectivity index (χ0) is 22.1. The summed E-state index contributed by atoms with van der Waals surface area (Å²) in [6.45, 7) is 2.26. The molecule has 0 unspecified atom stereocenters. The van der Waals surface area contributed by atoms with E-state index in [9.17, 15) is 13.2 Å². The molecule has 0 saturated heterocycles. The Balaban J connectivity index is 0.00000900. The van der Waals surface area contributed by atoms with Gasteiger partial charge in [0.1, 0.15) is 0 Å². The summed E-state index contributed by atoms with van der Waals surface area (Å²) in [7, 11) is -3.80. The van der Waals surface area contributed by atoms with Crippen molar-refractivity contribution in [1.29, 1.82) is 0 Å². The van der Waals surface area contributed by atoms with Crippen molar-refractivity contribution in [3.8, 4) is 0 Å². The van der Waals surface area contributed by atoms with E-state index in [1.54, 1.807) is 0 Å². The molecular weight excluding hydrogens is 419 g/mol. The van der Waals surface area contributed by atoms with E-state index in [4.69, 9.17) is 5.73 Å². The summed E-state index contributed by atoms with van der Waals surface area (Å²) in [6.07, 6.45) is 19.2. The molecule has 174 valence electrons. The van der Waals surface area contributed by atoms with Gasteiger partial charge in [0.2, 0.25) is 5.91 Å². The Morgan fingerprint density at radius 3 is 1.55 bits per heavy atom. The summed E-state index contributed by atoms with van der Waals surface area (Å²) >= 11 is 0. The number of nitrogens with two attached hydrogens (primary N) is 1. The van der Waals surface area contributed by atoms with Crippen LogP contribution in [0.4, 0.5) is 5.69 Å². The first-order valence-electron chi connectivity index (χ1n) is 11.9. The first-order valence-corrected chi connectivity index (χ1v) is 13.3. The van der Waals surface area contributed by atoms with E-state index in [1.807, 2.05) is 0 Å². The van der Waals surface area contributed by atoms with Gasteiger partial charge in [0, 0.05) is 12.1 Å². The second-order valence-corrected chi connectivity index (χ2v) is 9.98. The van der Waals surface area contributed by atoms with Crippen LogP contribution in [-0.2, 0) is 14.8 Å². The molecule has 5 nitrogen and oxygen atoms in total. The van der Waals surface area contributed by atoms with Gasteiger partial charge in [0.05, 0.1) is 4.90 Å². The zero-order valence-electron chi connectivity index (χ0n) is 18.8. The maximum absolute atomic E-state index is 12.1. The standard InChI is InChI=1S/C24H42N2O3S.Na.H/c1-2-3-4-5-6-7-8-9-10-11-12-13-14-15-16-17-24(27)26-30(28,29)23-20-18-22(25)19-21-23;;/h18-21H,2-17,25H2,1H3,(H,26,27);;. The maximum atomic E-state index is 12.1. The third-order valence-corrected chi connectivity index (χ3v) is 6.84. The molecule has 0 aromatic heterocycles. The minimum atomic E-state index is -3.80. The van der Waals surface area contributed by atoms with Crippen LogP contribution in [0.1, 0.15) is 110 Å². The molecule has 0 heterocycles. The summed E-state index contributed by atoms with van der Waals surface area (Å²) in [4.78, 5) is 12.0. The molecule has 0 atom stereocenters. The van der Waals surface area contributed by atoms with Crippen LogP contribution in [0.15, 0.2) is 29.2 Å². The second-order valence-electron chi connectivity index (χ2n) is 8.30. The minimum absolute atomic E-state index is 0. The van der Waals surface area contributed by atoms with E-state index < -0.39 is 15.9 Å². The van der Waals surface area contributed by atoms with Gasteiger partial charge in [0.25, 0.3) is 10.0 Å². The fourth-order valence-electron chi connectivity index (χ4n) is 3.56. The van der Waals surface area contributed by atoms with Crippen LogP contribution in [0.5, 0.6) is 0 Å². The van der Waals surface area contributed by atoms with Gasteiger partial charge >= 0.3 is 29.6 Å². The van der Waals surface area contributed by atoms with E-state index in [1.165, 1.54) is 101 Å². The molecule has 0 spiro atoms. The topological polar surface area (TPSA) is 89.3 Å². The average Bonchev–Trinajstić information content (AvgIpc) is 2.71. The van der Waals surface area contributed by atoms with Crippen molar-refractivity contribution in [2.45, 2.75) is 115 Å². The summed E-state index contributed by atoms with van der Waals surface area (Å²) < 4.78 is 26.4. The fraction of sp³-hybridized carbons (Fsp3) is 0.708. The van der Waals surface area contributed by atoms with Crippen LogP contribution in [0.25, 0.3) is 0 Å². The summed E-state index contributed by atoms with van der Waals surface area (Å²) in [5, 5.41) is 0. The predicted molar refractivity (Wildman–Crippen MR) is 133 cm³/mol. The molecular formula is C24H43N2NaO3S. The Kier molecular flexibility index (Phi) is 18.6. The van der Waals surface area contributed by atoms with Crippen LogP contribution in [-0.4, -0.2) is 43.9 Å². The molecule has 0 saturated carbocycles. The van der Waals surface area contributed by atoms with Gasteiger partial charge in [-0.2, -0.15) is 0 Å². The average molecular weight is 463 g/mol. The molecule has 31 heavy (non-hydrogen) atoms. The van der Waals surface area contributed by atoms with Crippen molar-refractivity contribution in [2.75, 3.05) is 5.73 Å². The molecule has 1 aromatic rings. The number of rotatable bonds is 18. The number of unbranched alkanes of at least 4 members (excludes halogenated alkanes) is 14. The van der Waals surface area contributed by atoms with Crippen LogP contribution >= 0.6 is 0 Å². The van der Waals surface area contributed by atoms with Crippen LogP contribution in [0.3, 0.4) is 0 Å². The molecule has 0 bridgehead atoms. The molecule has 7 heteroatoms. The molecule has 1 amide bonds. The molecule has 1 aromatic carbocycles. The first-order chi connectivity index (χ1) is 14.5. The Labute approximate surface area is 212 Å². The van der Waals surface area contributed by atoms with Gasteiger partial charge in [0.15, 0.2) is 0 Å². The number of hydrogen-bond acceptors (Lipinski definition) is 4. The quantitative estimate of drug-likeness (QED) is 0.167. The summed E-state index contributed by atoms with van der Waals surface area (Å²) in [6, 6.07) is 5.82. The number of nitrogen functional groups attached to an aromatic ring is 1. The van der Waals surface area contributed by atoms with Crippen LogP contribution < -0.4 is 10.5 Å². The van der Waals surface area contributed by atoms with E-state index in [2.05, 4.69) is 11.6 Å². The molecule has 3 N–H and O–H groups in total. The second kappa shape index (κ2) is 19.0. The van der Waals surface area contributed by atoms with Crippen molar-refractivity contribution in [3.05, 3.63) is 24.3 Å². The fourth-order valence-corrected chi connectivity index (χ4v) is 4.58. The number of amides is 1. The van der Waals surface area contributed by atoms with Crippen molar-refractivity contribution < 1.29 is 13.2 Å². The normalized spacial score (nSPS) is 11.1. The Bertz CT molecular complexity index is 679. The molecule has 0 radical (unpaired) electrons. The summed E-state index contributed by atoms with van der Waals surface area (Å²) in [5.41, 5.74) is 6.04. The molecule has 0 aliphatic rings. The van der Waals surface area contributed by atoms with Gasteiger partial charge in [-0.15, -0.1) is 0 Å². The van der Waals surface area contributed by atoms with E-state index in [0.29, 0.717) is 5.69 Å². The molecule has 1 rings (SSSR count). The van der Waals surface area contributed by atoms with Gasteiger partial charge in [-0.3, -0.25) is 4.79 Å². The van der Waals surface area contributed by atoms with Crippen molar-refractivity contribution in [2.24, 2.45) is 0 Å². The number of sulfonamides is 1. The SMILES string of the molecule is CCCCCCCCCCCCCCCCCC(=O)NS(=O)(=O)c1ccc(N)cc1.[NaH]. The number of benzene rings is 1. The Morgan fingerprint density at radius 1 is 0.742 bits per heavy atom. The van der Waals surface area contributed by atoms with Crippen molar-refractivity contribution >= 4 is 51.2 Å². The van der Waals surface area contributed by atoms with Crippen LogP contribution in [0.2, 0.25) is 0 Å². The van der Waals surface area contributed by atoms with E-state index in [-0.39, 0.29) is 40.9 Å². The van der Waals surface area contributed by atoms with Crippen molar-refractivity contribution in [1.82, 2.24) is 4.72 Å². The monoisotopic (exact) mass is 462 g/mol. The first kappa shape index (κ1) is 30.4. The third kappa shape index (κ3) is 15.8. The van der Waals surface area contributed by atoms with E-state index in [0.717, 1.165) is 19.3 Å². The molecule has 0 aliphatic carbocycles.